The van der Waals surface area contributed by atoms with E-state index in [1.54, 1.807) is 29.9 Å². The van der Waals surface area contributed by atoms with Crippen LogP contribution >= 0.6 is 11.3 Å². The molecule has 1 aliphatic carbocycles. The molecular weight excluding hydrogens is 336 g/mol. The number of aliphatic hydroxyl groups is 1. The summed E-state index contributed by atoms with van der Waals surface area (Å²) in [5.74, 6) is 0.686. The Morgan fingerprint density at radius 1 is 1.36 bits per heavy atom. The van der Waals surface area contributed by atoms with E-state index in [2.05, 4.69) is 15.3 Å². The number of rotatable bonds is 4. The Labute approximate surface area is 150 Å². The van der Waals surface area contributed by atoms with Crippen molar-refractivity contribution in [2.75, 3.05) is 24.5 Å². The summed E-state index contributed by atoms with van der Waals surface area (Å²) >= 11 is 1.59. The van der Waals surface area contributed by atoms with Crippen LogP contribution in [0.4, 0.5) is 5.82 Å². The van der Waals surface area contributed by atoms with Crippen LogP contribution in [0, 0.1) is 0 Å². The lowest BCUT2D eigenvalue weighted by atomic mass is 9.92. The van der Waals surface area contributed by atoms with Gasteiger partial charge in [0.1, 0.15) is 5.82 Å². The molecule has 1 atom stereocenters. The van der Waals surface area contributed by atoms with Crippen LogP contribution in [0.3, 0.4) is 0 Å². The molecule has 4 rings (SSSR count). The molecule has 2 aromatic heterocycles. The maximum absolute atomic E-state index is 12.4. The normalized spacial score (nSPS) is 22.7. The van der Waals surface area contributed by atoms with Gasteiger partial charge in [0.2, 0.25) is 0 Å². The molecule has 1 amide bonds. The van der Waals surface area contributed by atoms with Crippen molar-refractivity contribution in [2.45, 2.75) is 37.7 Å². The molecule has 0 saturated carbocycles. The number of nitrogens with zero attached hydrogens (tertiary/aromatic N) is 3. The molecule has 0 radical (unpaired) electrons. The number of carbonyl (C=O) groups is 1. The Bertz CT molecular complexity index is 742. The van der Waals surface area contributed by atoms with Crippen LogP contribution in [0.2, 0.25) is 0 Å². The topological polar surface area (TPSA) is 78.4 Å². The number of hydrogen-bond donors (Lipinski definition) is 2. The van der Waals surface area contributed by atoms with Gasteiger partial charge >= 0.3 is 0 Å². The van der Waals surface area contributed by atoms with Gasteiger partial charge in [-0.3, -0.25) is 9.78 Å². The highest BCUT2D eigenvalue weighted by atomic mass is 32.1. The van der Waals surface area contributed by atoms with E-state index in [0.717, 1.165) is 36.5 Å². The van der Waals surface area contributed by atoms with Crippen LogP contribution in [0.25, 0.3) is 0 Å². The van der Waals surface area contributed by atoms with Gasteiger partial charge in [-0.25, -0.2) is 4.98 Å². The quantitative estimate of drug-likeness (QED) is 0.871. The van der Waals surface area contributed by atoms with E-state index in [1.807, 2.05) is 11.0 Å². The average molecular weight is 358 g/mol. The maximum Gasteiger partial charge on any atom is 0.261 e. The van der Waals surface area contributed by atoms with Crippen molar-refractivity contribution in [1.29, 1.82) is 0 Å². The van der Waals surface area contributed by atoms with Crippen molar-refractivity contribution in [2.24, 2.45) is 0 Å². The summed E-state index contributed by atoms with van der Waals surface area (Å²) < 4.78 is 0. The zero-order chi connectivity index (χ0) is 17.3. The average Bonchev–Trinajstić information content (AvgIpc) is 3.23. The largest absolute Gasteiger partial charge is 0.386 e. The summed E-state index contributed by atoms with van der Waals surface area (Å²) in [5, 5.41) is 13.8. The third-order valence-electron chi connectivity index (χ3n) is 4.98. The second kappa shape index (κ2) is 6.72. The van der Waals surface area contributed by atoms with Crippen LogP contribution in [0.1, 0.15) is 39.4 Å². The van der Waals surface area contributed by atoms with E-state index < -0.39 is 5.60 Å². The fourth-order valence-electron chi connectivity index (χ4n) is 3.68. The molecule has 132 valence electrons. The number of piperidine rings is 1. The molecule has 2 aromatic rings. The van der Waals surface area contributed by atoms with E-state index >= 15 is 0 Å². The number of β-amino-alcohol motifs (C(OH)–C–C–N with tert-alkyl or cyclic N) is 1. The Kier molecular flexibility index (Phi) is 4.43. The van der Waals surface area contributed by atoms with Gasteiger partial charge in [-0.1, -0.05) is 0 Å². The van der Waals surface area contributed by atoms with Crippen LogP contribution in [0.5, 0.6) is 0 Å². The summed E-state index contributed by atoms with van der Waals surface area (Å²) in [4.78, 5) is 25.0. The summed E-state index contributed by atoms with van der Waals surface area (Å²) in [6, 6.07) is 2.01. The molecule has 0 aromatic carbocycles. The first-order valence-electron chi connectivity index (χ1n) is 8.76. The highest BCUT2D eigenvalue weighted by molar-refractivity contribution is 7.14. The second-order valence-electron chi connectivity index (χ2n) is 6.91. The van der Waals surface area contributed by atoms with Crippen molar-refractivity contribution in [1.82, 2.24) is 15.3 Å². The number of aromatic nitrogens is 2. The zero-order valence-corrected chi connectivity index (χ0v) is 14.9. The van der Waals surface area contributed by atoms with Gasteiger partial charge in [0, 0.05) is 36.9 Å². The fraction of sp³-hybridized carbons (Fsp3) is 0.500. The molecule has 25 heavy (non-hydrogen) atoms. The fourth-order valence-corrected chi connectivity index (χ4v) is 4.85. The highest BCUT2D eigenvalue weighted by Gasteiger charge is 2.34. The molecule has 0 unspecified atom stereocenters. The summed E-state index contributed by atoms with van der Waals surface area (Å²) in [5.41, 5.74) is 0.381. The molecule has 2 N–H and O–H groups in total. The first-order valence-corrected chi connectivity index (χ1v) is 9.58. The highest BCUT2D eigenvalue weighted by Crippen LogP contribution is 2.30. The minimum Gasteiger partial charge on any atom is -0.386 e. The number of carbonyl (C=O) groups excluding carboxylic acids is 1. The minimum atomic E-state index is -0.939. The Morgan fingerprint density at radius 2 is 2.28 bits per heavy atom. The number of amides is 1. The van der Waals surface area contributed by atoms with E-state index in [4.69, 9.17) is 0 Å². The molecule has 1 fully saturated rings. The monoisotopic (exact) mass is 358 g/mol. The SMILES string of the molecule is O=C(NC[C@]1(O)CCCN(c2cnccn2)C1)c1cc2c(s1)CCC2. The van der Waals surface area contributed by atoms with Crippen LogP contribution in [0.15, 0.2) is 24.7 Å². The summed E-state index contributed by atoms with van der Waals surface area (Å²) in [6.07, 6.45) is 9.89. The van der Waals surface area contributed by atoms with Gasteiger partial charge in [-0.2, -0.15) is 0 Å². The lowest BCUT2D eigenvalue weighted by molar-refractivity contribution is 0.0255. The summed E-state index contributed by atoms with van der Waals surface area (Å²) in [6.45, 7) is 1.55. The standard InChI is InChI=1S/C18H22N4O2S/c23-17(15-9-13-3-1-4-14(13)25-15)21-11-18(24)5-2-8-22(12-18)16-10-19-6-7-20-16/h6-7,9-10,24H,1-5,8,11-12H2,(H,21,23)/t18-/m1/s1. The van der Waals surface area contributed by atoms with Gasteiger partial charge < -0.3 is 15.3 Å². The Morgan fingerprint density at radius 3 is 3.08 bits per heavy atom. The minimum absolute atomic E-state index is 0.0792. The number of anilines is 1. The first-order chi connectivity index (χ1) is 12.1. The van der Waals surface area contributed by atoms with E-state index in [1.165, 1.54) is 16.9 Å². The van der Waals surface area contributed by atoms with Crippen LogP contribution < -0.4 is 10.2 Å². The molecular formula is C18H22N4O2S. The smallest absolute Gasteiger partial charge is 0.261 e. The third kappa shape index (κ3) is 3.52. The molecule has 2 aliphatic rings. The zero-order valence-electron chi connectivity index (χ0n) is 14.1. The maximum atomic E-state index is 12.4. The second-order valence-corrected chi connectivity index (χ2v) is 8.05. The molecule has 0 bridgehead atoms. The van der Waals surface area contributed by atoms with Crippen molar-refractivity contribution in [3.63, 3.8) is 0 Å². The van der Waals surface area contributed by atoms with E-state index in [9.17, 15) is 9.90 Å². The van der Waals surface area contributed by atoms with Gasteiger partial charge in [0.15, 0.2) is 0 Å². The molecule has 1 aliphatic heterocycles. The Hall–Kier alpha value is -1.99. The van der Waals surface area contributed by atoms with Crippen LogP contribution in [-0.2, 0) is 12.8 Å². The van der Waals surface area contributed by atoms with Crippen molar-refractivity contribution in [3.05, 3.63) is 40.0 Å². The number of fused-ring (bicyclic) bond motifs is 1. The van der Waals surface area contributed by atoms with Crippen LogP contribution in [-0.4, -0.2) is 46.2 Å². The van der Waals surface area contributed by atoms with E-state index in [-0.39, 0.29) is 12.5 Å². The van der Waals surface area contributed by atoms with Gasteiger partial charge in [0.25, 0.3) is 5.91 Å². The van der Waals surface area contributed by atoms with Crippen molar-refractivity contribution < 1.29 is 9.90 Å². The molecule has 6 nitrogen and oxygen atoms in total. The lowest BCUT2D eigenvalue weighted by Gasteiger charge is -2.39. The lowest BCUT2D eigenvalue weighted by Crippen LogP contribution is -2.54. The summed E-state index contributed by atoms with van der Waals surface area (Å²) in [7, 11) is 0. The predicted octanol–water partition coefficient (Wildman–Crippen LogP) is 1.79. The molecule has 1 saturated heterocycles. The molecule has 0 spiro atoms. The number of nitrogens with one attached hydrogen (secondary N) is 1. The first kappa shape index (κ1) is 16.5. The molecule has 7 heteroatoms. The van der Waals surface area contributed by atoms with E-state index in [0.29, 0.717) is 13.0 Å². The number of hydrogen-bond acceptors (Lipinski definition) is 6. The number of aryl methyl sites for hydroxylation is 2. The predicted molar refractivity (Wildman–Crippen MR) is 97.1 cm³/mol. The van der Waals surface area contributed by atoms with Gasteiger partial charge in [0.05, 0.1) is 16.7 Å². The van der Waals surface area contributed by atoms with Crippen molar-refractivity contribution >= 4 is 23.1 Å². The van der Waals surface area contributed by atoms with Gasteiger partial charge in [-0.15, -0.1) is 11.3 Å². The number of thiophene rings is 1. The molecule has 3 heterocycles. The third-order valence-corrected chi connectivity index (χ3v) is 6.21. The van der Waals surface area contributed by atoms with Gasteiger partial charge in [-0.05, 0) is 43.7 Å². The van der Waals surface area contributed by atoms with Crippen molar-refractivity contribution in [3.8, 4) is 0 Å². The Balaban J connectivity index is 1.38.